The molecule has 0 aromatic heterocycles. The van der Waals surface area contributed by atoms with E-state index in [9.17, 15) is 9.90 Å². The molecule has 1 N–H and O–H groups in total. The van der Waals surface area contributed by atoms with Crippen LogP contribution >= 0.6 is 0 Å². The fourth-order valence-electron chi connectivity index (χ4n) is 2.60. The first-order valence-electron chi connectivity index (χ1n) is 5.90. The Balaban J connectivity index is 2.21. The molecule has 1 fully saturated rings. The Morgan fingerprint density at radius 3 is 2.69 bits per heavy atom. The zero-order chi connectivity index (χ0) is 11.6. The van der Waals surface area contributed by atoms with E-state index in [1.165, 1.54) is 0 Å². The van der Waals surface area contributed by atoms with E-state index in [1.807, 2.05) is 37.3 Å². The standard InChI is InChI=1S/C14H18O2/c1-14(9-5-8-12(15)10-14)13(16)11-6-3-2-4-7-11/h2-4,6-7,12,15H,5,8-10H2,1H3. The van der Waals surface area contributed by atoms with E-state index >= 15 is 0 Å². The number of hydrogen-bond acceptors (Lipinski definition) is 2. The van der Waals surface area contributed by atoms with E-state index in [0.717, 1.165) is 24.8 Å². The lowest BCUT2D eigenvalue weighted by molar-refractivity contribution is 0.0438. The predicted octanol–water partition coefficient (Wildman–Crippen LogP) is 2.81. The fraction of sp³-hybridized carbons (Fsp3) is 0.500. The summed E-state index contributed by atoms with van der Waals surface area (Å²) in [6.45, 7) is 1.98. The molecule has 2 rings (SSSR count). The van der Waals surface area contributed by atoms with Crippen LogP contribution in [-0.2, 0) is 0 Å². The van der Waals surface area contributed by atoms with Crippen LogP contribution in [0.2, 0.25) is 0 Å². The number of aliphatic hydroxyl groups excluding tert-OH is 1. The van der Waals surface area contributed by atoms with Gasteiger partial charge in [-0.25, -0.2) is 0 Å². The maximum absolute atomic E-state index is 12.4. The molecule has 0 aliphatic heterocycles. The number of Topliss-reactive ketones (excluding diaryl/α,β-unsaturated/α-hetero) is 1. The normalized spacial score (nSPS) is 30.0. The van der Waals surface area contributed by atoms with Gasteiger partial charge in [-0.1, -0.05) is 37.3 Å². The van der Waals surface area contributed by atoms with E-state index in [1.54, 1.807) is 0 Å². The van der Waals surface area contributed by atoms with Crippen molar-refractivity contribution in [3.63, 3.8) is 0 Å². The van der Waals surface area contributed by atoms with Crippen molar-refractivity contribution >= 4 is 5.78 Å². The van der Waals surface area contributed by atoms with Crippen LogP contribution in [0.1, 0.15) is 43.0 Å². The first kappa shape index (κ1) is 11.3. The Kier molecular flexibility index (Phi) is 3.10. The van der Waals surface area contributed by atoms with Crippen molar-refractivity contribution < 1.29 is 9.90 Å². The van der Waals surface area contributed by atoms with Crippen LogP contribution < -0.4 is 0 Å². The van der Waals surface area contributed by atoms with E-state index in [0.29, 0.717) is 6.42 Å². The molecule has 0 saturated heterocycles. The topological polar surface area (TPSA) is 37.3 Å². The Morgan fingerprint density at radius 2 is 2.06 bits per heavy atom. The Hall–Kier alpha value is -1.15. The van der Waals surface area contributed by atoms with Crippen molar-refractivity contribution in [1.29, 1.82) is 0 Å². The molecule has 16 heavy (non-hydrogen) atoms. The van der Waals surface area contributed by atoms with E-state index in [-0.39, 0.29) is 17.3 Å². The van der Waals surface area contributed by atoms with Gasteiger partial charge in [-0.05, 0) is 25.7 Å². The lowest BCUT2D eigenvalue weighted by atomic mass is 9.70. The Bertz CT molecular complexity index is 372. The Morgan fingerprint density at radius 1 is 1.38 bits per heavy atom. The van der Waals surface area contributed by atoms with Gasteiger partial charge in [-0.15, -0.1) is 0 Å². The smallest absolute Gasteiger partial charge is 0.168 e. The van der Waals surface area contributed by atoms with Crippen molar-refractivity contribution in [3.05, 3.63) is 35.9 Å². The number of hydrogen-bond donors (Lipinski definition) is 1. The molecule has 0 bridgehead atoms. The number of carbonyl (C=O) groups excluding carboxylic acids is 1. The van der Waals surface area contributed by atoms with Crippen LogP contribution in [0.25, 0.3) is 0 Å². The van der Waals surface area contributed by atoms with Gasteiger partial charge in [0.05, 0.1) is 6.10 Å². The predicted molar refractivity (Wildman–Crippen MR) is 63.4 cm³/mol. The van der Waals surface area contributed by atoms with Crippen molar-refractivity contribution in [2.24, 2.45) is 5.41 Å². The summed E-state index contributed by atoms with van der Waals surface area (Å²) in [4.78, 5) is 12.4. The molecule has 0 radical (unpaired) electrons. The average Bonchev–Trinajstić information content (AvgIpc) is 2.29. The molecule has 0 heterocycles. The van der Waals surface area contributed by atoms with Crippen LogP contribution in [0.15, 0.2) is 30.3 Å². The summed E-state index contributed by atoms with van der Waals surface area (Å²) in [5.74, 6) is 0.173. The molecule has 86 valence electrons. The SMILES string of the molecule is CC1(C(=O)c2ccccc2)CCCC(O)C1. The zero-order valence-corrected chi connectivity index (χ0v) is 9.65. The monoisotopic (exact) mass is 218 g/mol. The molecule has 1 aliphatic rings. The number of benzene rings is 1. The van der Waals surface area contributed by atoms with Crippen molar-refractivity contribution in [2.45, 2.75) is 38.7 Å². The van der Waals surface area contributed by atoms with Crippen LogP contribution in [0.5, 0.6) is 0 Å². The van der Waals surface area contributed by atoms with E-state index < -0.39 is 0 Å². The van der Waals surface area contributed by atoms with Gasteiger partial charge in [-0.3, -0.25) is 4.79 Å². The summed E-state index contributed by atoms with van der Waals surface area (Å²) in [5.41, 5.74) is 0.387. The minimum atomic E-state index is -0.376. The van der Waals surface area contributed by atoms with Crippen LogP contribution in [0.3, 0.4) is 0 Å². The minimum absolute atomic E-state index is 0.173. The molecule has 1 saturated carbocycles. The summed E-state index contributed by atoms with van der Waals surface area (Å²) in [7, 11) is 0. The number of ketones is 1. The van der Waals surface area contributed by atoms with Crippen LogP contribution in [-0.4, -0.2) is 17.0 Å². The maximum atomic E-state index is 12.4. The molecular weight excluding hydrogens is 200 g/mol. The first-order valence-corrected chi connectivity index (χ1v) is 5.90. The van der Waals surface area contributed by atoms with E-state index in [4.69, 9.17) is 0 Å². The third-order valence-corrected chi connectivity index (χ3v) is 3.54. The molecule has 0 amide bonds. The molecule has 1 aromatic carbocycles. The lowest BCUT2D eigenvalue weighted by Gasteiger charge is -2.34. The summed E-state index contributed by atoms with van der Waals surface area (Å²) >= 11 is 0. The summed E-state index contributed by atoms with van der Waals surface area (Å²) in [6, 6.07) is 9.39. The first-order chi connectivity index (χ1) is 7.62. The molecular formula is C14H18O2. The molecule has 1 aliphatic carbocycles. The van der Waals surface area contributed by atoms with Crippen LogP contribution in [0, 0.1) is 5.41 Å². The van der Waals surface area contributed by atoms with Gasteiger partial charge in [0.2, 0.25) is 0 Å². The second-order valence-electron chi connectivity index (χ2n) is 5.01. The average molecular weight is 218 g/mol. The van der Waals surface area contributed by atoms with Crippen LogP contribution in [0.4, 0.5) is 0 Å². The lowest BCUT2D eigenvalue weighted by Crippen LogP contribution is -2.35. The zero-order valence-electron chi connectivity index (χ0n) is 9.65. The molecule has 0 spiro atoms. The van der Waals surface area contributed by atoms with Crippen molar-refractivity contribution in [3.8, 4) is 0 Å². The van der Waals surface area contributed by atoms with Gasteiger partial charge < -0.3 is 5.11 Å². The third-order valence-electron chi connectivity index (χ3n) is 3.54. The number of rotatable bonds is 2. The highest BCUT2D eigenvalue weighted by Crippen LogP contribution is 2.38. The highest BCUT2D eigenvalue weighted by Gasteiger charge is 2.38. The second-order valence-corrected chi connectivity index (χ2v) is 5.01. The quantitative estimate of drug-likeness (QED) is 0.775. The van der Waals surface area contributed by atoms with Gasteiger partial charge in [-0.2, -0.15) is 0 Å². The Labute approximate surface area is 96.3 Å². The molecule has 2 atom stereocenters. The molecule has 2 unspecified atom stereocenters. The highest BCUT2D eigenvalue weighted by molar-refractivity contribution is 6.00. The van der Waals surface area contributed by atoms with Crippen molar-refractivity contribution in [1.82, 2.24) is 0 Å². The minimum Gasteiger partial charge on any atom is -0.393 e. The number of carbonyl (C=O) groups is 1. The molecule has 2 heteroatoms. The third kappa shape index (κ3) is 2.17. The highest BCUT2D eigenvalue weighted by atomic mass is 16.3. The van der Waals surface area contributed by atoms with Gasteiger partial charge in [0, 0.05) is 11.0 Å². The van der Waals surface area contributed by atoms with Gasteiger partial charge in [0.25, 0.3) is 0 Å². The number of aliphatic hydroxyl groups is 1. The van der Waals surface area contributed by atoms with Gasteiger partial charge >= 0.3 is 0 Å². The molecule has 1 aromatic rings. The maximum Gasteiger partial charge on any atom is 0.168 e. The van der Waals surface area contributed by atoms with Gasteiger partial charge in [0.1, 0.15) is 0 Å². The summed E-state index contributed by atoms with van der Waals surface area (Å²) in [6.07, 6.45) is 2.94. The second kappa shape index (κ2) is 4.38. The van der Waals surface area contributed by atoms with Gasteiger partial charge in [0.15, 0.2) is 5.78 Å². The molecule has 2 nitrogen and oxygen atoms in total. The van der Waals surface area contributed by atoms with E-state index in [2.05, 4.69) is 0 Å². The van der Waals surface area contributed by atoms with Crippen molar-refractivity contribution in [2.75, 3.05) is 0 Å². The summed E-state index contributed by atoms with van der Waals surface area (Å²) in [5, 5.41) is 9.69. The summed E-state index contributed by atoms with van der Waals surface area (Å²) < 4.78 is 0. The largest absolute Gasteiger partial charge is 0.393 e. The fourth-order valence-corrected chi connectivity index (χ4v) is 2.60.